The number of nitrogens with two attached hydrogens (primary N) is 1. The molecule has 0 spiro atoms. The number of rotatable bonds is 4. The predicted molar refractivity (Wildman–Crippen MR) is 68.7 cm³/mol. The van der Waals surface area contributed by atoms with Crippen molar-refractivity contribution in [3.05, 3.63) is 35.9 Å². The van der Waals surface area contributed by atoms with Crippen molar-refractivity contribution in [1.82, 2.24) is 14.8 Å². The number of hydrogen-bond acceptors (Lipinski definition) is 5. The molecule has 6 nitrogen and oxygen atoms in total. The summed E-state index contributed by atoms with van der Waals surface area (Å²) in [7, 11) is 0. The van der Waals surface area contributed by atoms with Crippen molar-refractivity contribution in [2.45, 2.75) is 31.3 Å². The van der Waals surface area contributed by atoms with Gasteiger partial charge in [-0.1, -0.05) is 6.07 Å². The number of benzene rings is 1. The van der Waals surface area contributed by atoms with Crippen LogP contribution in [0.4, 0.5) is 0 Å². The second-order valence-corrected chi connectivity index (χ2v) is 4.96. The van der Waals surface area contributed by atoms with Gasteiger partial charge in [0.15, 0.2) is 11.5 Å². The molecule has 1 atom stereocenters. The molecule has 6 heteroatoms. The summed E-state index contributed by atoms with van der Waals surface area (Å²) in [6.45, 7) is 0. The Morgan fingerprint density at radius 2 is 2.11 bits per heavy atom. The van der Waals surface area contributed by atoms with E-state index in [2.05, 4.69) is 10.2 Å². The quantitative estimate of drug-likeness (QED) is 0.719. The van der Waals surface area contributed by atoms with Crippen LogP contribution in [0, 0.1) is 0 Å². The van der Waals surface area contributed by atoms with Crippen LogP contribution in [-0.4, -0.2) is 25.0 Å². The molecule has 2 aromatic rings. The van der Waals surface area contributed by atoms with Gasteiger partial charge in [0.05, 0.1) is 6.04 Å². The molecule has 4 N–H and O–H groups in total. The van der Waals surface area contributed by atoms with Crippen molar-refractivity contribution in [2.24, 2.45) is 5.73 Å². The number of aromatic hydroxyl groups is 2. The summed E-state index contributed by atoms with van der Waals surface area (Å²) in [6.07, 6.45) is 4.57. The fourth-order valence-electron chi connectivity index (χ4n) is 2.19. The summed E-state index contributed by atoms with van der Waals surface area (Å²) in [5, 5.41) is 26.8. The van der Waals surface area contributed by atoms with E-state index in [-0.39, 0.29) is 17.5 Å². The number of hydrogen-bond donors (Lipinski definition) is 3. The smallest absolute Gasteiger partial charge is 0.157 e. The molecular formula is C13H16N4O2. The average molecular weight is 260 g/mol. The van der Waals surface area contributed by atoms with Crippen LogP contribution in [0.5, 0.6) is 11.5 Å². The molecule has 19 heavy (non-hydrogen) atoms. The molecule has 100 valence electrons. The first-order chi connectivity index (χ1) is 9.15. The van der Waals surface area contributed by atoms with E-state index in [1.165, 1.54) is 12.1 Å². The summed E-state index contributed by atoms with van der Waals surface area (Å²) < 4.78 is 2.03. The van der Waals surface area contributed by atoms with Crippen LogP contribution in [0.1, 0.15) is 36.3 Å². The third-order valence-corrected chi connectivity index (χ3v) is 3.37. The SMILES string of the molecule is NC(Cc1ccc(O)c(O)c1)c1nncn1C1CC1. The Morgan fingerprint density at radius 1 is 1.32 bits per heavy atom. The molecule has 1 aliphatic rings. The molecule has 1 unspecified atom stereocenters. The van der Waals surface area contributed by atoms with E-state index >= 15 is 0 Å². The standard InChI is InChI=1S/C13H16N4O2/c14-10(5-8-1-4-11(18)12(19)6-8)13-16-15-7-17(13)9-2-3-9/h1,4,6-7,9-10,18-19H,2-3,5,14H2. The van der Waals surface area contributed by atoms with Crippen LogP contribution in [-0.2, 0) is 6.42 Å². The van der Waals surface area contributed by atoms with Crippen LogP contribution < -0.4 is 5.73 Å². The molecule has 0 bridgehead atoms. The van der Waals surface area contributed by atoms with Gasteiger partial charge in [-0.3, -0.25) is 0 Å². The maximum absolute atomic E-state index is 9.47. The molecule has 1 aromatic heterocycles. The lowest BCUT2D eigenvalue weighted by Crippen LogP contribution is -2.18. The number of nitrogens with zero attached hydrogens (tertiary/aromatic N) is 3. The first kappa shape index (κ1) is 12.0. The minimum absolute atomic E-state index is 0.126. The van der Waals surface area contributed by atoms with Gasteiger partial charge in [-0.25, -0.2) is 0 Å². The van der Waals surface area contributed by atoms with E-state index in [1.54, 1.807) is 12.4 Å². The number of aromatic nitrogens is 3. The normalized spacial score (nSPS) is 16.5. The van der Waals surface area contributed by atoms with Gasteiger partial charge in [0.25, 0.3) is 0 Å². The Morgan fingerprint density at radius 3 is 2.79 bits per heavy atom. The Labute approximate surface area is 110 Å². The largest absolute Gasteiger partial charge is 0.504 e. The lowest BCUT2D eigenvalue weighted by molar-refractivity contribution is 0.403. The first-order valence-electron chi connectivity index (χ1n) is 6.31. The Bertz CT molecular complexity index is 592. The van der Waals surface area contributed by atoms with E-state index in [4.69, 9.17) is 5.73 Å². The van der Waals surface area contributed by atoms with Gasteiger partial charge in [0.2, 0.25) is 0 Å². The summed E-state index contributed by atoms with van der Waals surface area (Å²) >= 11 is 0. The Hall–Kier alpha value is -2.08. The minimum atomic E-state index is -0.271. The maximum atomic E-state index is 9.47. The highest BCUT2D eigenvalue weighted by Gasteiger charge is 2.28. The van der Waals surface area contributed by atoms with Crippen molar-refractivity contribution in [2.75, 3.05) is 0 Å². The van der Waals surface area contributed by atoms with E-state index in [9.17, 15) is 10.2 Å². The molecule has 3 rings (SSSR count). The molecular weight excluding hydrogens is 244 g/mol. The summed E-state index contributed by atoms with van der Waals surface area (Å²) in [4.78, 5) is 0. The molecule has 0 saturated heterocycles. The molecule has 1 heterocycles. The van der Waals surface area contributed by atoms with Gasteiger partial charge in [-0.05, 0) is 37.0 Å². The van der Waals surface area contributed by atoms with Gasteiger partial charge in [0.1, 0.15) is 12.2 Å². The number of phenols is 2. The lowest BCUT2D eigenvalue weighted by atomic mass is 10.1. The van der Waals surface area contributed by atoms with Crippen LogP contribution in [0.3, 0.4) is 0 Å². The van der Waals surface area contributed by atoms with Crippen LogP contribution in [0.15, 0.2) is 24.5 Å². The second-order valence-electron chi connectivity index (χ2n) is 4.96. The van der Waals surface area contributed by atoms with E-state index in [1.807, 2.05) is 4.57 Å². The lowest BCUT2D eigenvalue weighted by Gasteiger charge is -2.13. The van der Waals surface area contributed by atoms with Crippen LogP contribution in [0.2, 0.25) is 0 Å². The highest BCUT2D eigenvalue weighted by atomic mass is 16.3. The summed E-state index contributed by atoms with van der Waals surface area (Å²) in [5.41, 5.74) is 7.01. The average Bonchev–Trinajstić information content (AvgIpc) is 3.11. The van der Waals surface area contributed by atoms with Crippen molar-refractivity contribution >= 4 is 0 Å². The fraction of sp³-hybridized carbons (Fsp3) is 0.385. The van der Waals surface area contributed by atoms with Gasteiger partial charge in [-0.2, -0.15) is 0 Å². The Kier molecular flexibility index (Phi) is 2.87. The zero-order chi connectivity index (χ0) is 13.4. The van der Waals surface area contributed by atoms with Crippen LogP contribution >= 0.6 is 0 Å². The van der Waals surface area contributed by atoms with Gasteiger partial charge >= 0.3 is 0 Å². The van der Waals surface area contributed by atoms with E-state index < -0.39 is 0 Å². The van der Waals surface area contributed by atoms with Crippen molar-refractivity contribution < 1.29 is 10.2 Å². The predicted octanol–water partition coefficient (Wildman–Crippen LogP) is 1.27. The zero-order valence-electron chi connectivity index (χ0n) is 10.4. The number of phenolic OH excluding ortho intramolecular Hbond substituents is 2. The minimum Gasteiger partial charge on any atom is -0.504 e. The molecule has 0 aliphatic heterocycles. The van der Waals surface area contributed by atoms with Crippen LogP contribution in [0.25, 0.3) is 0 Å². The molecule has 0 radical (unpaired) electrons. The highest BCUT2D eigenvalue weighted by molar-refractivity contribution is 5.40. The third-order valence-electron chi connectivity index (χ3n) is 3.37. The first-order valence-corrected chi connectivity index (χ1v) is 6.31. The molecule has 1 aromatic carbocycles. The highest BCUT2D eigenvalue weighted by Crippen LogP contribution is 2.36. The second kappa shape index (κ2) is 4.55. The topological polar surface area (TPSA) is 97.2 Å². The fourth-order valence-corrected chi connectivity index (χ4v) is 2.19. The molecule has 1 saturated carbocycles. The Balaban J connectivity index is 1.78. The van der Waals surface area contributed by atoms with Gasteiger partial charge in [0, 0.05) is 6.04 Å². The molecule has 1 fully saturated rings. The monoisotopic (exact) mass is 260 g/mol. The van der Waals surface area contributed by atoms with Crippen molar-refractivity contribution in [3.63, 3.8) is 0 Å². The van der Waals surface area contributed by atoms with E-state index in [0.29, 0.717) is 12.5 Å². The maximum Gasteiger partial charge on any atom is 0.157 e. The summed E-state index contributed by atoms with van der Waals surface area (Å²) in [6, 6.07) is 4.94. The van der Waals surface area contributed by atoms with Gasteiger partial charge < -0.3 is 20.5 Å². The molecule has 0 amide bonds. The molecule has 1 aliphatic carbocycles. The van der Waals surface area contributed by atoms with Crippen molar-refractivity contribution in [3.8, 4) is 11.5 Å². The summed E-state index contributed by atoms with van der Waals surface area (Å²) in [5.74, 6) is 0.516. The van der Waals surface area contributed by atoms with Crippen molar-refractivity contribution in [1.29, 1.82) is 0 Å². The zero-order valence-corrected chi connectivity index (χ0v) is 10.4. The van der Waals surface area contributed by atoms with Gasteiger partial charge in [-0.15, -0.1) is 10.2 Å². The third kappa shape index (κ3) is 2.39. The van der Waals surface area contributed by atoms with E-state index in [0.717, 1.165) is 24.2 Å².